The van der Waals surface area contributed by atoms with Gasteiger partial charge in [0, 0.05) is 13.2 Å². The molecule has 1 fully saturated rings. The average Bonchev–Trinajstić information content (AvgIpc) is 2.99. The number of carbonyl (C=O) groups excluding carboxylic acids is 1. The normalized spacial score (nSPS) is 19.5. The predicted octanol–water partition coefficient (Wildman–Crippen LogP) is 1.02. The molecule has 0 amide bonds. The molecule has 0 aromatic carbocycles. The molecule has 1 atom stereocenters. The van der Waals surface area contributed by atoms with Gasteiger partial charge in [0.15, 0.2) is 5.69 Å². The molecule has 1 unspecified atom stereocenters. The minimum atomic E-state index is -0.449. The number of aryl methyl sites for hydroxylation is 1. The number of ether oxygens (including phenoxy) is 2. The number of rotatable bonds is 5. The van der Waals surface area contributed by atoms with Crippen LogP contribution < -0.4 is 0 Å². The van der Waals surface area contributed by atoms with E-state index in [0.717, 1.165) is 32.4 Å². The molecule has 1 aromatic rings. The highest BCUT2D eigenvalue weighted by Gasteiger charge is 2.15. The highest BCUT2D eigenvalue weighted by atomic mass is 16.5. The fourth-order valence-corrected chi connectivity index (χ4v) is 1.96. The molecule has 0 bridgehead atoms. The molecule has 6 nitrogen and oxygen atoms in total. The standard InChI is InChI=1S/C11H17N3O3/c1-16-11(15)10-8-14(13-12-10)6-2-4-9-5-3-7-17-9/h8-9H,2-7H2,1H3. The number of methoxy groups -OCH3 is 1. The van der Waals surface area contributed by atoms with Crippen molar-refractivity contribution in [3.63, 3.8) is 0 Å². The van der Waals surface area contributed by atoms with Gasteiger partial charge in [-0.2, -0.15) is 0 Å². The molecule has 2 rings (SSSR count). The third-order valence-corrected chi connectivity index (χ3v) is 2.87. The molecule has 0 radical (unpaired) electrons. The van der Waals surface area contributed by atoms with E-state index >= 15 is 0 Å². The van der Waals surface area contributed by atoms with E-state index < -0.39 is 5.97 Å². The third kappa shape index (κ3) is 3.26. The molecule has 94 valence electrons. The van der Waals surface area contributed by atoms with Crippen LogP contribution in [0.4, 0.5) is 0 Å². The van der Waals surface area contributed by atoms with E-state index in [1.54, 1.807) is 10.9 Å². The quantitative estimate of drug-likeness (QED) is 0.718. The van der Waals surface area contributed by atoms with Crippen molar-refractivity contribution in [2.45, 2.75) is 38.3 Å². The topological polar surface area (TPSA) is 66.2 Å². The highest BCUT2D eigenvalue weighted by molar-refractivity contribution is 5.86. The van der Waals surface area contributed by atoms with E-state index in [1.165, 1.54) is 13.5 Å². The second-order valence-electron chi connectivity index (χ2n) is 4.14. The van der Waals surface area contributed by atoms with Crippen molar-refractivity contribution in [1.29, 1.82) is 0 Å². The van der Waals surface area contributed by atoms with Crippen LogP contribution in [0.3, 0.4) is 0 Å². The largest absolute Gasteiger partial charge is 0.464 e. The summed E-state index contributed by atoms with van der Waals surface area (Å²) in [7, 11) is 1.33. The maximum atomic E-state index is 11.2. The number of hydrogen-bond donors (Lipinski definition) is 0. The Kier molecular flexibility index (Phi) is 4.08. The fraction of sp³-hybridized carbons (Fsp3) is 0.727. The number of hydrogen-bond acceptors (Lipinski definition) is 5. The molecule has 17 heavy (non-hydrogen) atoms. The summed E-state index contributed by atoms with van der Waals surface area (Å²) < 4.78 is 11.8. The van der Waals surface area contributed by atoms with E-state index in [2.05, 4.69) is 15.0 Å². The molecule has 0 saturated carbocycles. The van der Waals surface area contributed by atoms with Crippen molar-refractivity contribution < 1.29 is 14.3 Å². The van der Waals surface area contributed by atoms with Crippen molar-refractivity contribution in [2.24, 2.45) is 0 Å². The maximum Gasteiger partial charge on any atom is 0.360 e. The predicted molar refractivity (Wildman–Crippen MR) is 59.6 cm³/mol. The Morgan fingerprint density at radius 1 is 1.71 bits per heavy atom. The van der Waals surface area contributed by atoms with Crippen LogP contribution in [-0.4, -0.2) is 40.8 Å². The summed E-state index contributed by atoms with van der Waals surface area (Å²) in [5, 5.41) is 7.62. The number of esters is 1. The molecule has 1 aliphatic heterocycles. The van der Waals surface area contributed by atoms with Crippen molar-refractivity contribution in [1.82, 2.24) is 15.0 Å². The number of carbonyl (C=O) groups is 1. The zero-order valence-corrected chi connectivity index (χ0v) is 9.96. The van der Waals surface area contributed by atoms with Crippen molar-refractivity contribution in [2.75, 3.05) is 13.7 Å². The zero-order valence-electron chi connectivity index (χ0n) is 9.96. The van der Waals surface area contributed by atoms with Gasteiger partial charge in [-0.05, 0) is 25.7 Å². The van der Waals surface area contributed by atoms with Crippen LogP contribution in [0.1, 0.15) is 36.2 Å². The van der Waals surface area contributed by atoms with Crippen LogP contribution in [0.5, 0.6) is 0 Å². The molecule has 1 aromatic heterocycles. The number of aromatic nitrogens is 3. The Bertz CT molecular complexity index is 372. The van der Waals surface area contributed by atoms with Crippen molar-refractivity contribution >= 4 is 5.97 Å². The summed E-state index contributed by atoms with van der Waals surface area (Å²) >= 11 is 0. The van der Waals surface area contributed by atoms with E-state index in [1.807, 2.05) is 0 Å². The van der Waals surface area contributed by atoms with Gasteiger partial charge in [-0.15, -0.1) is 5.10 Å². The second-order valence-corrected chi connectivity index (χ2v) is 4.14. The van der Waals surface area contributed by atoms with Gasteiger partial charge in [-0.3, -0.25) is 4.68 Å². The first-order chi connectivity index (χ1) is 8.29. The van der Waals surface area contributed by atoms with Gasteiger partial charge in [0.2, 0.25) is 0 Å². The van der Waals surface area contributed by atoms with Gasteiger partial charge in [-0.25, -0.2) is 4.79 Å². The summed E-state index contributed by atoms with van der Waals surface area (Å²) in [6.45, 7) is 1.64. The molecule has 2 heterocycles. The van der Waals surface area contributed by atoms with E-state index in [9.17, 15) is 4.79 Å². The molecule has 1 aliphatic rings. The molecular weight excluding hydrogens is 222 g/mol. The SMILES string of the molecule is COC(=O)c1cn(CCCC2CCCO2)nn1. The molecule has 0 spiro atoms. The summed E-state index contributed by atoms with van der Waals surface area (Å²) in [6, 6.07) is 0. The Morgan fingerprint density at radius 3 is 3.29 bits per heavy atom. The van der Waals surface area contributed by atoms with Gasteiger partial charge in [-0.1, -0.05) is 5.21 Å². The van der Waals surface area contributed by atoms with Crippen LogP contribution in [0.15, 0.2) is 6.20 Å². The first-order valence-electron chi connectivity index (χ1n) is 5.89. The van der Waals surface area contributed by atoms with Gasteiger partial charge < -0.3 is 9.47 Å². The van der Waals surface area contributed by atoms with Gasteiger partial charge in [0.25, 0.3) is 0 Å². The lowest BCUT2D eigenvalue weighted by Crippen LogP contribution is -2.07. The molecular formula is C11H17N3O3. The number of nitrogens with zero attached hydrogens (tertiary/aromatic N) is 3. The Labute approximate surface area is 99.9 Å². The maximum absolute atomic E-state index is 11.2. The first-order valence-corrected chi connectivity index (χ1v) is 5.89. The van der Waals surface area contributed by atoms with Gasteiger partial charge >= 0.3 is 5.97 Å². The van der Waals surface area contributed by atoms with Crippen molar-refractivity contribution in [3.8, 4) is 0 Å². The Hall–Kier alpha value is -1.43. The molecule has 0 N–H and O–H groups in total. The molecule has 6 heteroatoms. The zero-order chi connectivity index (χ0) is 12.1. The Balaban J connectivity index is 1.74. The summed E-state index contributed by atoms with van der Waals surface area (Å²) in [6.07, 6.45) is 6.35. The van der Waals surface area contributed by atoms with E-state index in [4.69, 9.17) is 4.74 Å². The van der Waals surface area contributed by atoms with Crippen LogP contribution in [-0.2, 0) is 16.0 Å². The van der Waals surface area contributed by atoms with Crippen LogP contribution in [0.25, 0.3) is 0 Å². The summed E-state index contributed by atoms with van der Waals surface area (Å²) in [5.74, 6) is -0.449. The monoisotopic (exact) mass is 239 g/mol. The lowest BCUT2D eigenvalue weighted by Gasteiger charge is -2.07. The van der Waals surface area contributed by atoms with E-state index in [0.29, 0.717) is 6.10 Å². The fourth-order valence-electron chi connectivity index (χ4n) is 1.96. The highest BCUT2D eigenvalue weighted by Crippen LogP contribution is 2.16. The second kappa shape index (κ2) is 5.77. The average molecular weight is 239 g/mol. The minimum absolute atomic E-state index is 0.254. The molecule has 0 aliphatic carbocycles. The summed E-state index contributed by atoms with van der Waals surface area (Å²) in [5.41, 5.74) is 0.254. The first kappa shape index (κ1) is 12.0. The Morgan fingerprint density at radius 2 is 2.59 bits per heavy atom. The minimum Gasteiger partial charge on any atom is -0.464 e. The smallest absolute Gasteiger partial charge is 0.360 e. The van der Waals surface area contributed by atoms with Gasteiger partial charge in [0.05, 0.1) is 19.4 Å². The summed E-state index contributed by atoms with van der Waals surface area (Å²) in [4.78, 5) is 11.2. The van der Waals surface area contributed by atoms with Gasteiger partial charge in [0.1, 0.15) is 0 Å². The molecule has 1 saturated heterocycles. The van der Waals surface area contributed by atoms with Crippen molar-refractivity contribution in [3.05, 3.63) is 11.9 Å². The van der Waals surface area contributed by atoms with Crippen LogP contribution in [0, 0.1) is 0 Å². The van der Waals surface area contributed by atoms with Crippen LogP contribution >= 0.6 is 0 Å². The lowest BCUT2D eigenvalue weighted by molar-refractivity contribution is 0.0594. The van der Waals surface area contributed by atoms with E-state index in [-0.39, 0.29) is 5.69 Å². The third-order valence-electron chi connectivity index (χ3n) is 2.87. The lowest BCUT2D eigenvalue weighted by atomic mass is 10.1. The van der Waals surface area contributed by atoms with Crippen LogP contribution in [0.2, 0.25) is 0 Å².